The van der Waals surface area contributed by atoms with E-state index in [1.54, 1.807) is 18.2 Å². The number of methoxy groups -OCH3 is 1. The maximum absolute atomic E-state index is 14.4. The van der Waals surface area contributed by atoms with Gasteiger partial charge in [0.25, 0.3) is 0 Å². The van der Waals surface area contributed by atoms with Crippen LogP contribution in [0.1, 0.15) is 101 Å². The highest BCUT2D eigenvalue weighted by atomic mass is 16.7. The van der Waals surface area contributed by atoms with Crippen molar-refractivity contribution in [1.82, 2.24) is 0 Å². The van der Waals surface area contributed by atoms with E-state index in [0.717, 1.165) is 36.0 Å². The number of esters is 2. The molecule has 9 heteroatoms. The van der Waals surface area contributed by atoms with Crippen molar-refractivity contribution in [3.63, 3.8) is 0 Å². The molecule has 1 heterocycles. The van der Waals surface area contributed by atoms with Gasteiger partial charge < -0.3 is 33.5 Å². The van der Waals surface area contributed by atoms with Crippen LogP contribution in [0.4, 0.5) is 0 Å². The monoisotopic (exact) mass is 744 g/mol. The molecule has 0 bridgehead atoms. The fourth-order valence-corrected chi connectivity index (χ4v) is 6.56. The standard InChI is InChI=1S/C46H48O9/c1-4-6-11-24-36-41(44(47)53-31-34-22-16-10-17-23-34)38(51-29-32-18-12-8-13-19-32)28-40(52-30-33-20-14-9-15-21-33)43(36)54-39-27-35(50-3)26-37-42(39)45(48)55-46(37,49)25-7-5-2/h8-10,12-23,26-28,49H,4-7,11,24-25,29-31H2,1-3H3. The third-order valence-electron chi connectivity index (χ3n) is 9.51. The number of hydrogen-bond acceptors (Lipinski definition) is 9. The van der Waals surface area contributed by atoms with Gasteiger partial charge in [-0.05, 0) is 42.0 Å². The van der Waals surface area contributed by atoms with Gasteiger partial charge in [-0.1, -0.05) is 124 Å². The van der Waals surface area contributed by atoms with Gasteiger partial charge in [-0.15, -0.1) is 0 Å². The number of fused-ring (bicyclic) bond motifs is 1. The van der Waals surface area contributed by atoms with E-state index >= 15 is 0 Å². The SMILES string of the molecule is CCCCCc1c(Oc2cc(OC)cc3c2C(=O)OC3(O)CCCC)c(OCc2ccccc2)cc(OCc2ccccc2)c1C(=O)OCc1ccccc1. The Bertz CT molecular complexity index is 2050. The van der Waals surface area contributed by atoms with Crippen LogP contribution >= 0.6 is 0 Å². The fourth-order valence-electron chi connectivity index (χ4n) is 6.56. The lowest BCUT2D eigenvalue weighted by atomic mass is 9.96. The lowest BCUT2D eigenvalue weighted by molar-refractivity contribution is -0.168. The molecule has 0 saturated heterocycles. The highest BCUT2D eigenvalue weighted by Crippen LogP contribution is 2.49. The topological polar surface area (TPSA) is 110 Å². The smallest absolute Gasteiger partial charge is 0.345 e. The van der Waals surface area contributed by atoms with E-state index in [1.165, 1.54) is 7.11 Å². The zero-order valence-corrected chi connectivity index (χ0v) is 31.7. The van der Waals surface area contributed by atoms with Crippen molar-refractivity contribution in [2.75, 3.05) is 7.11 Å². The molecule has 55 heavy (non-hydrogen) atoms. The van der Waals surface area contributed by atoms with Gasteiger partial charge >= 0.3 is 11.9 Å². The number of ether oxygens (including phenoxy) is 6. The zero-order chi connectivity index (χ0) is 38.6. The van der Waals surface area contributed by atoms with Gasteiger partial charge in [0.1, 0.15) is 48.2 Å². The molecule has 0 amide bonds. The first-order chi connectivity index (χ1) is 26.8. The molecule has 1 aliphatic rings. The van der Waals surface area contributed by atoms with E-state index in [-0.39, 0.29) is 60.2 Å². The highest BCUT2D eigenvalue weighted by molar-refractivity contribution is 5.98. The van der Waals surface area contributed by atoms with Crippen LogP contribution in [0.15, 0.2) is 109 Å². The zero-order valence-electron chi connectivity index (χ0n) is 31.7. The number of cyclic esters (lactones) is 1. The second-order valence-electron chi connectivity index (χ2n) is 13.6. The van der Waals surface area contributed by atoms with Crippen LogP contribution < -0.4 is 18.9 Å². The molecule has 6 rings (SSSR count). The maximum Gasteiger partial charge on any atom is 0.345 e. The first kappa shape index (κ1) is 38.9. The third kappa shape index (κ3) is 9.48. The highest BCUT2D eigenvalue weighted by Gasteiger charge is 2.46. The van der Waals surface area contributed by atoms with Gasteiger partial charge in [0.15, 0.2) is 11.5 Å². The lowest BCUT2D eigenvalue weighted by Crippen LogP contribution is -2.25. The molecule has 1 unspecified atom stereocenters. The molecule has 1 atom stereocenters. The van der Waals surface area contributed by atoms with E-state index in [4.69, 9.17) is 28.4 Å². The number of hydrogen-bond donors (Lipinski definition) is 1. The summed E-state index contributed by atoms with van der Waals surface area (Å²) in [5.74, 6) is -1.94. The predicted octanol–water partition coefficient (Wildman–Crippen LogP) is 10.2. The summed E-state index contributed by atoms with van der Waals surface area (Å²) < 4.78 is 37.1. The number of benzene rings is 5. The number of carbonyl (C=O) groups is 2. The molecule has 0 aromatic heterocycles. The Balaban J connectivity index is 1.53. The summed E-state index contributed by atoms with van der Waals surface area (Å²) in [5, 5.41) is 11.6. The Morgan fingerprint density at radius 2 is 1.29 bits per heavy atom. The average molecular weight is 745 g/mol. The summed E-state index contributed by atoms with van der Waals surface area (Å²) in [6, 6.07) is 33.7. The molecule has 9 nitrogen and oxygen atoms in total. The minimum absolute atomic E-state index is 0.0419. The van der Waals surface area contributed by atoms with E-state index in [2.05, 4.69) is 6.92 Å². The summed E-state index contributed by atoms with van der Waals surface area (Å²) in [6.45, 7) is 4.49. The number of carbonyl (C=O) groups excluding carboxylic acids is 2. The van der Waals surface area contributed by atoms with Gasteiger partial charge in [0.05, 0.1) is 7.11 Å². The first-order valence-corrected chi connectivity index (χ1v) is 18.9. The number of unbranched alkanes of at least 4 members (excludes halogenated alkanes) is 3. The van der Waals surface area contributed by atoms with Crippen molar-refractivity contribution < 1.29 is 43.1 Å². The summed E-state index contributed by atoms with van der Waals surface area (Å²) in [4.78, 5) is 28.0. The maximum atomic E-state index is 14.4. The molecule has 286 valence electrons. The third-order valence-corrected chi connectivity index (χ3v) is 9.51. The lowest BCUT2D eigenvalue weighted by Gasteiger charge is -2.24. The molecule has 0 saturated carbocycles. The molecule has 0 radical (unpaired) electrons. The Morgan fingerprint density at radius 3 is 1.87 bits per heavy atom. The van der Waals surface area contributed by atoms with Crippen LogP contribution in [-0.4, -0.2) is 24.2 Å². The fraction of sp³-hybridized carbons (Fsp3) is 0.304. The van der Waals surface area contributed by atoms with Crippen molar-refractivity contribution in [2.45, 2.75) is 84.4 Å². The average Bonchev–Trinajstić information content (AvgIpc) is 3.48. The molecular weight excluding hydrogens is 696 g/mol. The van der Waals surface area contributed by atoms with Crippen molar-refractivity contribution in [3.05, 3.63) is 148 Å². The normalized spacial score (nSPS) is 14.5. The van der Waals surface area contributed by atoms with Gasteiger partial charge in [0, 0.05) is 29.7 Å². The molecule has 5 aromatic carbocycles. The van der Waals surface area contributed by atoms with E-state index in [0.29, 0.717) is 36.3 Å². The summed E-state index contributed by atoms with van der Waals surface area (Å²) >= 11 is 0. The van der Waals surface area contributed by atoms with Gasteiger partial charge in [-0.2, -0.15) is 0 Å². The van der Waals surface area contributed by atoms with Crippen molar-refractivity contribution in [1.29, 1.82) is 0 Å². The molecular formula is C46H48O9. The Hall–Kier alpha value is -5.80. The van der Waals surface area contributed by atoms with Crippen molar-refractivity contribution in [3.8, 4) is 28.7 Å². The Morgan fingerprint density at radius 1 is 0.709 bits per heavy atom. The van der Waals surface area contributed by atoms with E-state index in [9.17, 15) is 14.7 Å². The molecule has 1 N–H and O–H groups in total. The quantitative estimate of drug-likeness (QED) is 0.0653. The van der Waals surface area contributed by atoms with Crippen LogP contribution in [0.3, 0.4) is 0 Å². The van der Waals surface area contributed by atoms with E-state index < -0.39 is 17.7 Å². The van der Waals surface area contributed by atoms with E-state index in [1.807, 2.05) is 97.9 Å². The minimum Gasteiger partial charge on any atom is -0.497 e. The van der Waals surface area contributed by atoms with Crippen LogP contribution in [-0.2, 0) is 41.5 Å². The second-order valence-corrected chi connectivity index (χ2v) is 13.6. The number of aliphatic hydroxyl groups is 1. The van der Waals surface area contributed by atoms with Crippen LogP contribution in [0.2, 0.25) is 0 Å². The Labute approximate surface area is 322 Å². The second kappa shape index (κ2) is 18.5. The van der Waals surface area contributed by atoms with Gasteiger partial charge in [-0.25, -0.2) is 9.59 Å². The molecule has 0 fully saturated rings. The Kier molecular flexibility index (Phi) is 13.1. The summed E-state index contributed by atoms with van der Waals surface area (Å²) in [5.41, 5.74) is 3.68. The van der Waals surface area contributed by atoms with Gasteiger partial charge in [0.2, 0.25) is 5.79 Å². The van der Waals surface area contributed by atoms with Crippen molar-refractivity contribution >= 4 is 11.9 Å². The summed E-state index contributed by atoms with van der Waals surface area (Å²) in [6.07, 6.45) is 4.52. The molecule has 0 spiro atoms. The van der Waals surface area contributed by atoms with Gasteiger partial charge in [-0.3, -0.25) is 0 Å². The number of rotatable bonds is 19. The largest absolute Gasteiger partial charge is 0.497 e. The first-order valence-electron chi connectivity index (χ1n) is 18.9. The van der Waals surface area contributed by atoms with Crippen LogP contribution in [0.25, 0.3) is 0 Å². The van der Waals surface area contributed by atoms with Crippen LogP contribution in [0.5, 0.6) is 28.7 Å². The molecule has 0 aliphatic carbocycles. The molecule has 1 aliphatic heterocycles. The predicted molar refractivity (Wildman–Crippen MR) is 209 cm³/mol. The molecule has 5 aromatic rings. The summed E-state index contributed by atoms with van der Waals surface area (Å²) in [7, 11) is 1.50. The minimum atomic E-state index is -1.85. The van der Waals surface area contributed by atoms with Crippen molar-refractivity contribution in [2.24, 2.45) is 0 Å². The van der Waals surface area contributed by atoms with Crippen LogP contribution in [0, 0.1) is 0 Å².